The first-order valence-electron chi connectivity index (χ1n) is 8.40. The third-order valence-electron chi connectivity index (χ3n) is 4.65. The summed E-state index contributed by atoms with van der Waals surface area (Å²) in [6, 6.07) is 8.15. The number of rotatable bonds is 3. The molecule has 0 spiro atoms. The number of carbonyl (C=O) groups excluding carboxylic acids is 1. The van der Waals surface area contributed by atoms with E-state index in [2.05, 4.69) is 24.0 Å². The largest absolute Gasteiger partial charge is 0.378 e. The standard InChI is InChI=1S/C18H26N2O2/c1-15-3-2-8-19(13-15)14-16-4-6-17(7-5-16)18(21)20-9-11-22-12-10-20/h4-7,15H,2-3,8-14H2,1H3/t15-/m1/s1. The molecular formula is C18H26N2O2. The molecule has 2 saturated heterocycles. The molecule has 0 unspecified atom stereocenters. The minimum atomic E-state index is 0.126. The van der Waals surface area contributed by atoms with Gasteiger partial charge in [-0.25, -0.2) is 0 Å². The Bertz CT molecular complexity index is 494. The van der Waals surface area contributed by atoms with Gasteiger partial charge in [0.1, 0.15) is 0 Å². The summed E-state index contributed by atoms with van der Waals surface area (Å²) in [7, 11) is 0. The molecule has 2 fully saturated rings. The van der Waals surface area contributed by atoms with E-state index in [1.807, 2.05) is 17.0 Å². The van der Waals surface area contributed by atoms with Crippen molar-refractivity contribution in [2.75, 3.05) is 39.4 Å². The maximum atomic E-state index is 12.4. The molecule has 4 nitrogen and oxygen atoms in total. The average Bonchev–Trinajstić information content (AvgIpc) is 2.56. The van der Waals surface area contributed by atoms with Crippen molar-refractivity contribution in [3.8, 4) is 0 Å². The van der Waals surface area contributed by atoms with Crippen LogP contribution in [0, 0.1) is 5.92 Å². The molecule has 4 heteroatoms. The van der Waals surface area contributed by atoms with Crippen LogP contribution in [0.1, 0.15) is 35.7 Å². The molecule has 0 radical (unpaired) electrons. The van der Waals surface area contributed by atoms with E-state index in [1.165, 1.54) is 31.5 Å². The molecule has 0 bridgehead atoms. The normalized spacial score (nSPS) is 23.5. The van der Waals surface area contributed by atoms with Crippen LogP contribution in [0.25, 0.3) is 0 Å². The smallest absolute Gasteiger partial charge is 0.254 e. The van der Waals surface area contributed by atoms with Crippen molar-refractivity contribution >= 4 is 5.91 Å². The van der Waals surface area contributed by atoms with E-state index in [1.54, 1.807) is 0 Å². The van der Waals surface area contributed by atoms with Gasteiger partial charge in [0, 0.05) is 31.7 Å². The van der Waals surface area contributed by atoms with Crippen LogP contribution in [0.3, 0.4) is 0 Å². The molecule has 2 aliphatic heterocycles. The molecule has 1 amide bonds. The summed E-state index contributed by atoms with van der Waals surface area (Å²) >= 11 is 0. The van der Waals surface area contributed by atoms with Crippen molar-refractivity contribution in [2.45, 2.75) is 26.3 Å². The van der Waals surface area contributed by atoms with Gasteiger partial charge in [-0.15, -0.1) is 0 Å². The minimum Gasteiger partial charge on any atom is -0.378 e. The lowest BCUT2D eigenvalue weighted by Crippen LogP contribution is -2.40. The van der Waals surface area contributed by atoms with Gasteiger partial charge in [0.15, 0.2) is 0 Å². The highest BCUT2D eigenvalue weighted by atomic mass is 16.5. The highest BCUT2D eigenvalue weighted by Gasteiger charge is 2.19. The zero-order valence-electron chi connectivity index (χ0n) is 13.5. The molecule has 3 rings (SSSR count). The van der Waals surface area contributed by atoms with Crippen molar-refractivity contribution in [3.63, 3.8) is 0 Å². The zero-order chi connectivity index (χ0) is 15.4. The molecular weight excluding hydrogens is 276 g/mol. The second-order valence-electron chi connectivity index (χ2n) is 6.58. The Balaban J connectivity index is 1.58. The first-order chi connectivity index (χ1) is 10.7. The molecule has 2 heterocycles. The number of ether oxygens (including phenoxy) is 1. The van der Waals surface area contributed by atoms with Crippen molar-refractivity contribution in [3.05, 3.63) is 35.4 Å². The topological polar surface area (TPSA) is 32.8 Å². The lowest BCUT2D eigenvalue weighted by Gasteiger charge is -2.31. The van der Waals surface area contributed by atoms with Crippen molar-refractivity contribution in [1.82, 2.24) is 9.80 Å². The quantitative estimate of drug-likeness (QED) is 0.859. The minimum absolute atomic E-state index is 0.126. The van der Waals surface area contributed by atoms with E-state index >= 15 is 0 Å². The van der Waals surface area contributed by atoms with Crippen LogP contribution < -0.4 is 0 Å². The summed E-state index contributed by atoms with van der Waals surface area (Å²) in [4.78, 5) is 16.8. The Hall–Kier alpha value is -1.39. The summed E-state index contributed by atoms with van der Waals surface area (Å²) in [6.45, 7) is 8.41. The SMILES string of the molecule is C[C@@H]1CCCN(Cc2ccc(C(=O)N3CCOCC3)cc2)C1. The summed E-state index contributed by atoms with van der Waals surface area (Å²) in [6.07, 6.45) is 2.65. The monoisotopic (exact) mass is 302 g/mol. The Morgan fingerprint density at radius 2 is 1.91 bits per heavy atom. The number of morpholine rings is 1. The average molecular weight is 302 g/mol. The van der Waals surface area contributed by atoms with E-state index in [0.717, 1.165) is 18.0 Å². The number of piperidine rings is 1. The van der Waals surface area contributed by atoms with Crippen LogP contribution in [0.4, 0.5) is 0 Å². The summed E-state index contributed by atoms with van der Waals surface area (Å²) in [5.41, 5.74) is 2.09. The van der Waals surface area contributed by atoms with Crippen LogP contribution in [-0.4, -0.2) is 55.1 Å². The van der Waals surface area contributed by atoms with Gasteiger partial charge in [-0.1, -0.05) is 19.1 Å². The van der Waals surface area contributed by atoms with Crippen LogP contribution >= 0.6 is 0 Å². The van der Waals surface area contributed by atoms with Crippen molar-refractivity contribution in [2.24, 2.45) is 5.92 Å². The number of hydrogen-bond acceptors (Lipinski definition) is 3. The number of hydrogen-bond donors (Lipinski definition) is 0. The van der Waals surface area contributed by atoms with Crippen LogP contribution in [-0.2, 0) is 11.3 Å². The highest BCUT2D eigenvalue weighted by Crippen LogP contribution is 2.18. The van der Waals surface area contributed by atoms with Gasteiger partial charge in [-0.05, 0) is 43.0 Å². The van der Waals surface area contributed by atoms with E-state index < -0.39 is 0 Å². The van der Waals surface area contributed by atoms with Gasteiger partial charge < -0.3 is 9.64 Å². The molecule has 0 aromatic heterocycles. The lowest BCUT2D eigenvalue weighted by molar-refractivity contribution is 0.0303. The second-order valence-corrected chi connectivity index (χ2v) is 6.58. The van der Waals surface area contributed by atoms with Gasteiger partial charge in [0.2, 0.25) is 0 Å². The first-order valence-corrected chi connectivity index (χ1v) is 8.40. The summed E-state index contributed by atoms with van der Waals surface area (Å²) in [5.74, 6) is 0.928. The summed E-state index contributed by atoms with van der Waals surface area (Å²) in [5, 5.41) is 0. The van der Waals surface area contributed by atoms with Gasteiger partial charge in [-0.3, -0.25) is 9.69 Å². The molecule has 1 atom stereocenters. The van der Waals surface area contributed by atoms with Crippen LogP contribution in [0.5, 0.6) is 0 Å². The predicted molar refractivity (Wildman–Crippen MR) is 86.8 cm³/mol. The van der Waals surface area contributed by atoms with Crippen LogP contribution in [0.15, 0.2) is 24.3 Å². The van der Waals surface area contributed by atoms with Gasteiger partial charge >= 0.3 is 0 Å². The fourth-order valence-electron chi connectivity index (χ4n) is 3.39. The van der Waals surface area contributed by atoms with Gasteiger partial charge in [0.25, 0.3) is 5.91 Å². The number of amides is 1. The fraction of sp³-hybridized carbons (Fsp3) is 0.611. The van der Waals surface area contributed by atoms with E-state index in [-0.39, 0.29) is 5.91 Å². The molecule has 22 heavy (non-hydrogen) atoms. The number of nitrogens with zero attached hydrogens (tertiary/aromatic N) is 2. The molecule has 0 N–H and O–H groups in total. The van der Waals surface area contributed by atoms with Gasteiger partial charge in [-0.2, -0.15) is 0 Å². The molecule has 1 aromatic rings. The third-order valence-corrected chi connectivity index (χ3v) is 4.65. The maximum Gasteiger partial charge on any atom is 0.254 e. The Labute approximate surface area is 133 Å². The summed E-state index contributed by atoms with van der Waals surface area (Å²) < 4.78 is 5.30. The Morgan fingerprint density at radius 1 is 1.18 bits per heavy atom. The van der Waals surface area contributed by atoms with E-state index in [9.17, 15) is 4.79 Å². The second kappa shape index (κ2) is 7.25. The number of benzene rings is 1. The van der Waals surface area contributed by atoms with Crippen LogP contribution in [0.2, 0.25) is 0 Å². The molecule has 0 saturated carbocycles. The molecule has 1 aromatic carbocycles. The molecule has 0 aliphatic carbocycles. The van der Waals surface area contributed by atoms with E-state index in [4.69, 9.17) is 4.74 Å². The lowest BCUT2D eigenvalue weighted by atomic mass is 9.99. The molecule has 2 aliphatic rings. The van der Waals surface area contributed by atoms with Gasteiger partial charge in [0.05, 0.1) is 13.2 Å². The van der Waals surface area contributed by atoms with E-state index in [0.29, 0.717) is 26.3 Å². The number of carbonyl (C=O) groups is 1. The van der Waals surface area contributed by atoms with Crippen molar-refractivity contribution < 1.29 is 9.53 Å². The Kier molecular flexibility index (Phi) is 5.11. The fourth-order valence-corrected chi connectivity index (χ4v) is 3.39. The third kappa shape index (κ3) is 3.87. The first kappa shape index (κ1) is 15.5. The maximum absolute atomic E-state index is 12.4. The highest BCUT2D eigenvalue weighted by molar-refractivity contribution is 5.94. The molecule has 120 valence electrons. The van der Waals surface area contributed by atoms with Crippen molar-refractivity contribution in [1.29, 1.82) is 0 Å². The zero-order valence-corrected chi connectivity index (χ0v) is 13.5. The predicted octanol–water partition coefficient (Wildman–Crippen LogP) is 2.39. The number of likely N-dealkylation sites (tertiary alicyclic amines) is 1. The Morgan fingerprint density at radius 3 is 2.59 bits per heavy atom.